The molecule has 3 saturated carbocycles. The topological polar surface area (TPSA) is 125 Å². The van der Waals surface area contributed by atoms with Crippen LogP contribution in [0.25, 0.3) is 0 Å². The number of hydrogen-bond acceptors (Lipinski definition) is 9. The molecule has 0 bridgehead atoms. The molecule has 3 aliphatic carbocycles. The molecule has 0 unspecified atom stereocenters. The van der Waals surface area contributed by atoms with Crippen LogP contribution in [0.15, 0.2) is 16.7 Å². The Hall–Kier alpha value is -2.23. The number of Topliss-reactive ketones (excluding diaryl/α,β-unsaturated/α-hetero) is 1. The van der Waals surface area contributed by atoms with Crippen molar-refractivity contribution in [2.75, 3.05) is 6.61 Å². The number of carbonyl (C=O) groups excluding carboxylic acids is 3. The summed E-state index contributed by atoms with van der Waals surface area (Å²) in [6, 6.07) is 1.93. The standard InChI is InChI=1S/C36H48O9/c1-5-6-8-13-22-21(15-17-41-22)29-33(4)16-14-23-34-19-42-25(37)18-24(34)44-32(2,3)27(34)26(38)28(39)35(23,20-11-9-7-10-12-20)36(33)30(45-36)31(40)43-29/h15,17,20,23-24,27-30,39H,5-14,16,18-19H2,1-4H3/t23-,24+,27-,28-,29+,30-,33+,34+,35+,36-/m1/s1. The van der Waals surface area contributed by atoms with E-state index in [9.17, 15) is 19.5 Å². The van der Waals surface area contributed by atoms with Gasteiger partial charge >= 0.3 is 11.9 Å². The van der Waals surface area contributed by atoms with Crippen molar-refractivity contribution in [1.82, 2.24) is 0 Å². The van der Waals surface area contributed by atoms with Crippen molar-refractivity contribution in [1.29, 1.82) is 0 Å². The highest BCUT2D eigenvalue weighted by Crippen LogP contribution is 2.82. The number of aliphatic hydroxyl groups is 1. The second-order valence-electron chi connectivity index (χ2n) is 16.0. The number of carbonyl (C=O) groups is 3. The van der Waals surface area contributed by atoms with Gasteiger partial charge in [-0.15, -0.1) is 0 Å². The molecule has 2 spiro atoms. The first-order chi connectivity index (χ1) is 21.5. The predicted molar refractivity (Wildman–Crippen MR) is 160 cm³/mol. The molecule has 9 heteroatoms. The average molecular weight is 625 g/mol. The van der Waals surface area contributed by atoms with E-state index in [0.717, 1.165) is 69.1 Å². The summed E-state index contributed by atoms with van der Waals surface area (Å²) in [4.78, 5) is 41.7. The number of hydrogen-bond donors (Lipinski definition) is 1. The Kier molecular flexibility index (Phi) is 6.62. The zero-order valence-corrected chi connectivity index (χ0v) is 27.1. The van der Waals surface area contributed by atoms with E-state index in [1.165, 1.54) is 0 Å². The van der Waals surface area contributed by atoms with Crippen LogP contribution in [0.1, 0.15) is 116 Å². The van der Waals surface area contributed by atoms with Gasteiger partial charge in [-0.2, -0.15) is 0 Å². The molecule has 0 radical (unpaired) electrons. The van der Waals surface area contributed by atoms with Gasteiger partial charge in [0.25, 0.3) is 0 Å². The van der Waals surface area contributed by atoms with Crippen LogP contribution < -0.4 is 0 Å². The molecule has 1 N–H and O–H groups in total. The maximum Gasteiger partial charge on any atom is 0.339 e. The van der Waals surface area contributed by atoms with Crippen LogP contribution >= 0.6 is 0 Å². The lowest BCUT2D eigenvalue weighted by Gasteiger charge is -2.70. The second-order valence-corrected chi connectivity index (χ2v) is 16.0. The summed E-state index contributed by atoms with van der Waals surface area (Å²) in [5.41, 5.74) is -3.71. The molecule has 0 amide bonds. The summed E-state index contributed by atoms with van der Waals surface area (Å²) in [5, 5.41) is 12.8. The molecule has 0 aromatic carbocycles. The summed E-state index contributed by atoms with van der Waals surface area (Å²) in [7, 11) is 0. The highest BCUT2D eigenvalue weighted by Gasteiger charge is 2.92. The summed E-state index contributed by atoms with van der Waals surface area (Å²) in [6.45, 7) is 8.22. The van der Waals surface area contributed by atoms with Crippen molar-refractivity contribution in [3.63, 3.8) is 0 Å². The van der Waals surface area contributed by atoms with Crippen LogP contribution in [0, 0.1) is 34.0 Å². The third-order valence-corrected chi connectivity index (χ3v) is 13.8. The number of aliphatic hydroxyl groups excluding tert-OH is 1. The SMILES string of the molecule is CCCCCc1occc1[C@@H]1OC(=O)[C@H]2O[C@]23[C@]2(C4CCCCC4)[C@H](O)C(=O)[C@@H]4C(C)(C)O[C@H]5CC(=O)OC[C@]54[C@H]2CC[C@@]13C. The largest absolute Gasteiger partial charge is 0.469 e. The van der Waals surface area contributed by atoms with E-state index in [0.29, 0.717) is 12.8 Å². The Labute approximate surface area is 265 Å². The monoisotopic (exact) mass is 624 g/mol. The van der Waals surface area contributed by atoms with E-state index in [1.54, 1.807) is 6.26 Å². The molecular weight excluding hydrogens is 576 g/mol. The van der Waals surface area contributed by atoms with Gasteiger partial charge in [0.2, 0.25) is 0 Å². The second kappa shape index (κ2) is 9.89. The molecule has 7 aliphatic rings. The van der Waals surface area contributed by atoms with E-state index >= 15 is 0 Å². The predicted octanol–water partition coefficient (Wildman–Crippen LogP) is 5.40. The number of furan rings is 1. The maximum atomic E-state index is 14.9. The van der Waals surface area contributed by atoms with Crippen molar-refractivity contribution in [3.05, 3.63) is 23.7 Å². The van der Waals surface area contributed by atoms with Gasteiger partial charge in [0.15, 0.2) is 11.9 Å². The number of rotatable bonds is 6. The van der Waals surface area contributed by atoms with E-state index in [1.807, 2.05) is 19.9 Å². The number of ketones is 1. The van der Waals surface area contributed by atoms with E-state index in [-0.39, 0.29) is 36.6 Å². The minimum atomic E-state index is -1.34. The fraction of sp³-hybridized carbons (Fsp3) is 0.806. The molecule has 1 aromatic heterocycles. The number of esters is 2. The van der Waals surface area contributed by atoms with Crippen molar-refractivity contribution in [3.8, 4) is 0 Å². The lowest BCUT2D eigenvalue weighted by molar-refractivity contribution is -0.275. The molecule has 5 heterocycles. The number of fused-ring (bicyclic) bond motifs is 1. The van der Waals surface area contributed by atoms with E-state index in [4.69, 9.17) is 23.4 Å². The van der Waals surface area contributed by atoms with Gasteiger partial charge in [-0.3, -0.25) is 9.59 Å². The molecule has 10 atom stereocenters. The lowest BCUT2D eigenvalue weighted by Crippen LogP contribution is -2.79. The van der Waals surface area contributed by atoms with Gasteiger partial charge in [0.1, 0.15) is 30.2 Å². The van der Waals surface area contributed by atoms with Gasteiger partial charge in [0.05, 0.1) is 30.3 Å². The van der Waals surface area contributed by atoms with Crippen molar-refractivity contribution in [2.24, 2.45) is 34.0 Å². The number of unbranched alkanes of at least 4 members (excludes halogenated alkanes) is 2. The minimum Gasteiger partial charge on any atom is -0.469 e. The molecule has 8 rings (SSSR count). The summed E-state index contributed by atoms with van der Waals surface area (Å²) in [5.74, 6) is -1.10. The van der Waals surface area contributed by atoms with Crippen molar-refractivity contribution >= 4 is 17.7 Å². The summed E-state index contributed by atoms with van der Waals surface area (Å²) >= 11 is 0. The zero-order valence-electron chi connectivity index (χ0n) is 27.1. The molecule has 4 aliphatic heterocycles. The minimum absolute atomic E-state index is 0.0444. The van der Waals surface area contributed by atoms with Gasteiger partial charge in [-0.05, 0) is 63.9 Å². The Morgan fingerprint density at radius 3 is 2.51 bits per heavy atom. The molecule has 45 heavy (non-hydrogen) atoms. The summed E-state index contributed by atoms with van der Waals surface area (Å²) in [6.07, 6.45) is 8.41. The normalized spacial score (nSPS) is 46.6. The van der Waals surface area contributed by atoms with Gasteiger partial charge in [-0.25, -0.2) is 4.79 Å². The molecule has 1 aromatic rings. The quantitative estimate of drug-likeness (QED) is 0.252. The maximum absolute atomic E-state index is 14.9. The molecule has 9 nitrogen and oxygen atoms in total. The number of cyclic esters (lactones) is 2. The third kappa shape index (κ3) is 3.53. The Balaban J connectivity index is 1.33. The van der Waals surface area contributed by atoms with Gasteiger partial charge in [0, 0.05) is 28.2 Å². The molecule has 4 saturated heterocycles. The van der Waals surface area contributed by atoms with E-state index in [2.05, 4.69) is 13.8 Å². The third-order valence-electron chi connectivity index (χ3n) is 13.8. The van der Waals surface area contributed by atoms with Crippen LogP contribution in [0.5, 0.6) is 0 Å². The molecular formula is C36H48O9. The van der Waals surface area contributed by atoms with Crippen LogP contribution in [0.4, 0.5) is 0 Å². The number of aryl methyl sites for hydroxylation is 1. The number of ether oxygens (including phenoxy) is 4. The average Bonchev–Trinajstić information content (AvgIpc) is 3.54. The first-order valence-corrected chi connectivity index (χ1v) is 17.5. The fourth-order valence-corrected chi connectivity index (χ4v) is 12.3. The fourth-order valence-electron chi connectivity index (χ4n) is 12.3. The molecule has 7 fully saturated rings. The lowest BCUT2D eigenvalue weighted by atomic mass is 9.33. The van der Waals surface area contributed by atoms with Crippen LogP contribution in [-0.2, 0) is 39.8 Å². The molecule has 246 valence electrons. The Morgan fingerprint density at radius 1 is 0.978 bits per heavy atom. The van der Waals surface area contributed by atoms with Crippen LogP contribution in [0.2, 0.25) is 0 Å². The Bertz CT molecular complexity index is 1410. The first-order valence-electron chi connectivity index (χ1n) is 17.5. The van der Waals surface area contributed by atoms with E-state index < -0.39 is 63.8 Å². The smallest absolute Gasteiger partial charge is 0.339 e. The number of epoxide rings is 1. The highest BCUT2D eigenvalue weighted by atomic mass is 16.7. The van der Waals surface area contributed by atoms with Crippen LogP contribution in [-0.4, -0.2) is 58.9 Å². The van der Waals surface area contributed by atoms with Gasteiger partial charge in [-0.1, -0.05) is 46.0 Å². The van der Waals surface area contributed by atoms with Crippen molar-refractivity contribution < 1.29 is 42.9 Å². The summed E-state index contributed by atoms with van der Waals surface area (Å²) < 4.78 is 31.7. The van der Waals surface area contributed by atoms with Gasteiger partial charge < -0.3 is 28.5 Å². The van der Waals surface area contributed by atoms with Crippen LogP contribution in [0.3, 0.4) is 0 Å². The highest BCUT2D eigenvalue weighted by molar-refractivity contribution is 5.92. The first kappa shape index (κ1) is 30.1. The zero-order chi connectivity index (χ0) is 31.6. The Morgan fingerprint density at radius 2 is 1.76 bits per heavy atom. The van der Waals surface area contributed by atoms with Crippen molar-refractivity contribution in [2.45, 2.75) is 140 Å².